The Hall–Kier alpha value is -4.20. The van der Waals surface area contributed by atoms with Crippen LogP contribution in [-0.2, 0) is 6.54 Å². The van der Waals surface area contributed by atoms with Crippen LogP contribution in [0.1, 0.15) is 54.2 Å². The van der Waals surface area contributed by atoms with Gasteiger partial charge in [-0.1, -0.05) is 43.2 Å². The minimum absolute atomic E-state index is 0.195. The maximum absolute atomic E-state index is 12.5. The molecule has 8 heteroatoms. The van der Waals surface area contributed by atoms with Crippen molar-refractivity contribution < 1.29 is 9.53 Å². The number of ether oxygens (including phenoxy) is 1. The van der Waals surface area contributed by atoms with Gasteiger partial charge < -0.3 is 26.5 Å². The number of nitrogens with one attached hydrogen (secondary N) is 3. The van der Waals surface area contributed by atoms with Gasteiger partial charge in [-0.25, -0.2) is 9.97 Å². The number of benzene rings is 2. The summed E-state index contributed by atoms with van der Waals surface area (Å²) >= 11 is 0. The number of carbonyl (C=O) groups excluding carboxylic acids is 1. The predicted molar refractivity (Wildman–Crippen MR) is 145 cm³/mol. The molecule has 188 valence electrons. The second kappa shape index (κ2) is 13.0. The van der Waals surface area contributed by atoms with Crippen molar-refractivity contribution in [1.29, 1.82) is 5.41 Å². The second-order valence-electron chi connectivity index (χ2n) is 8.49. The number of rotatable bonds is 8. The Morgan fingerprint density at radius 1 is 1.17 bits per heavy atom. The summed E-state index contributed by atoms with van der Waals surface area (Å²) in [6.07, 6.45) is 7.47. The number of aromatic nitrogens is 2. The molecular formula is C28H34N6O2. The number of methoxy groups -OCH3 is 1. The summed E-state index contributed by atoms with van der Waals surface area (Å²) in [5, 5.41) is 14.8. The van der Waals surface area contributed by atoms with Crippen molar-refractivity contribution in [2.75, 3.05) is 18.2 Å². The van der Waals surface area contributed by atoms with E-state index in [2.05, 4.69) is 27.2 Å². The monoisotopic (exact) mass is 486 g/mol. The fourth-order valence-electron chi connectivity index (χ4n) is 4.09. The van der Waals surface area contributed by atoms with E-state index >= 15 is 0 Å². The third-order valence-electron chi connectivity index (χ3n) is 5.92. The van der Waals surface area contributed by atoms with Gasteiger partial charge in [-0.3, -0.25) is 4.79 Å². The lowest BCUT2D eigenvalue weighted by Crippen LogP contribution is -2.23. The van der Waals surface area contributed by atoms with Crippen LogP contribution in [0.2, 0.25) is 0 Å². The SMILES string of the molecule is C=CC.COc1ccccc1C(=O)NCc1ccc(Nc2c(N)ncnc2C(=N)C2CCCC2)cc1. The lowest BCUT2D eigenvalue weighted by atomic mass is 9.98. The first kappa shape index (κ1) is 26.4. The van der Waals surface area contributed by atoms with Crippen molar-refractivity contribution in [3.8, 4) is 5.75 Å². The third kappa shape index (κ3) is 6.69. The quantitative estimate of drug-likeness (QED) is 0.246. The van der Waals surface area contributed by atoms with E-state index in [9.17, 15) is 4.79 Å². The highest BCUT2D eigenvalue weighted by atomic mass is 16.5. The van der Waals surface area contributed by atoms with E-state index in [0.29, 0.717) is 40.8 Å². The van der Waals surface area contributed by atoms with Crippen LogP contribution in [0.3, 0.4) is 0 Å². The number of nitrogens with zero attached hydrogens (tertiary/aromatic N) is 2. The van der Waals surface area contributed by atoms with Gasteiger partial charge in [-0.2, -0.15) is 0 Å². The largest absolute Gasteiger partial charge is 0.496 e. The summed E-state index contributed by atoms with van der Waals surface area (Å²) in [5.74, 6) is 0.875. The molecule has 1 aliphatic rings. The van der Waals surface area contributed by atoms with E-state index < -0.39 is 0 Å². The van der Waals surface area contributed by atoms with Gasteiger partial charge in [0.1, 0.15) is 23.5 Å². The first-order valence-electron chi connectivity index (χ1n) is 12.0. The second-order valence-corrected chi connectivity index (χ2v) is 8.49. The average Bonchev–Trinajstić information content (AvgIpc) is 3.44. The van der Waals surface area contributed by atoms with Gasteiger partial charge in [0.15, 0.2) is 5.82 Å². The topological polar surface area (TPSA) is 126 Å². The van der Waals surface area contributed by atoms with Crippen molar-refractivity contribution in [2.45, 2.75) is 39.2 Å². The number of anilines is 3. The molecule has 0 atom stereocenters. The molecule has 1 aromatic heterocycles. The van der Waals surface area contributed by atoms with Gasteiger partial charge >= 0.3 is 0 Å². The Bertz CT molecular complexity index is 1190. The Kier molecular flexibility index (Phi) is 9.56. The molecule has 0 saturated heterocycles. The zero-order valence-electron chi connectivity index (χ0n) is 20.9. The molecule has 2 aromatic carbocycles. The number of carbonyl (C=O) groups is 1. The summed E-state index contributed by atoms with van der Waals surface area (Å²) < 4.78 is 5.25. The smallest absolute Gasteiger partial charge is 0.255 e. The zero-order chi connectivity index (χ0) is 25.9. The molecule has 0 unspecified atom stereocenters. The lowest BCUT2D eigenvalue weighted by Gasteiger charge is -2.17. The molecule has 0 aliphatic heterocycles. The Morgan fingerprint density at radius 2 is 1.83 bits per heavy atom. The number of hydrogen-bond donors (Lipinski definition) is 4. The van der Waals surface area contributed by atoms with E-state index in [1.54, 1.807) is 31.4 Å². The number of allylic oxidation sites excluding steroid dienone is 1. The summed E-state index contributed by atoms with van der Waals surface area (Å²) in [6.45, 7) is 5.63. The minimum Gasteiger partial charge on any atom is -0.496 e. The van der Waals surface area contributed by atoms with Crippen LogP contribution in [0.25, 0.3) is 0 Å². The molecule has 0 spiro atoms. The van der Waals surface area contributed by atoms with Crippen LogP contribution < -0.4 is 21.1 Å². The van der Waals surface area contributed by atoms with Crippen LogP contribution >= 0.6 is 0 Å². The van der Waals surface area contributed by atoms with E-state index in [0.717, 1.165) is 36.9 Å². The summed E-state index contributed by atoms with van der Waals surface area (Å²) in [4.78, 5) is 21.0. The van der Waals surface area contributed by atoms with Crippen LogP contribution in [-0.4, -0.2) is 28.7 Å². The molecule has 1 amide bonds. The lowest BCUT2D eigenvalue weighted by molar-refractivity contribution is 0.0948. The molecule has 1 aliphatic carbocycles. The van der Waals surface area contributed by atoms with Gasteiger partial charge in [0.05, 0.1) is 18.4 Å². The van der Waals surface area contributed by atoms with E-state index in [-0.39, 0.29) is 11.8 Å². The summed E-state index contributed by atoms with van der Waals surface area (Å²) in [7, 11) is 1.54. The number of para-hydroxylation sites is 1. The molecule has 5 N–H and O–H groups in total. The summed E-state index contributed by atoms with van der Waals surface area (Å²) in [5.41, 5.74) is 10.0. The molecule has 8 nitrogen and oxygen atoms in total. The average molecular weight is 487 g/mol. The van der Waals surface area contributed by atoms with Crippen molar-refractivity contribution in [1.82, 2.24) is 15.3 Å². The van der Waals surface area contributed by atoms with Gasteiger partial charge in [0, 0.05) is 18.2 Å². The first-order valence-corrected chi connectivity index (χ1v) is 12.0. The number of hydrogen-bond acceptors (Lipinski definition) is 7. The van der Waals surface area contributed by atoms with Crippen molar-refractivity contribution >= 4 is 28.8 Å². The molecular weight excluding hydrogens is 452 g/mol. The van der Waals surface area contributed by atoms with Gasteiger partial charge in [-0.15, -0.1) is 6.58 Å². The zero-order valence-corrected chi connectivity index (χ0v) is 20.9. The highest BCUT2D eigenvalue weighted by Gasteiger charge is 2.25. The first-order chi connectivity index (χ1) is 17.5. The maximum atomic E-state index is 12.5. The van der Waals surface area contributed by atoms with Crippen LogP contribution in [0.15, 0.2) is 67.5 Å². The Balaban J connectivity index is 0.00000115. The molecule has 36 heavy (non-hydrogen) atoms. The van der Waals surface area contributed by atoms with Crippen LogP contribution in [0.5, 0.6) is 5.75 Å². The summed E-state index contributed by atoms with van der Waals surface area (Å²) in [6, 6.07) is 14.8. The van der Waals surface area contributed by atoms with Crippen LogP contribution in [0, 0.1) is 11.3 Å². The van der Waals surface area contributed by atoms with E-state index in [1.807, 2.05) is 37.3 Å². The van der Waals surface area contributed by atoms with E-state index in [1.165, 1.54) is 6.33 Å². The normalized spacial score (nSPS) is 12.7. The molecule has 4 rings (SSSR count). The highest BCUT2D eigenvalue weighted by Crippen LogP contribution is 2.32. The molecule has 1 saturated carbocycles. The van der Waals surface area contributed by atoms with Gasteiger partial charge in [0.2, 0.25) is 0 Å². The Labute approximate surface area is 212 Å². The number of nitrogens with two attached hydrogens (primary N) is 1. The number of amides is 1. The third-order valence-corrected chi connectivity index (χ3v) is 5.92. The fourth-order valence-corrected chi connectivity index (χ4v) is 4.09. The number of nitrogen functional groups attached to an aromatic ring is 1. The van der Waals surface area contributed by atoms with Crippen molar-refractivity contribution in [2.24, 2.45) is 5.92 Å². The van der Waals surface area contributed by atoms with Crippen LogP contribution in [0.4, 0.5) is 17.2 Å². The van der Waals surface area contributed by atoms with Gasteiger partial charge in [0.25, 0.3) is 5.91 Å². The maximum Gasteiger partial charge on any atom is 0.255 e. The molecule has 3 aromatic rings. The Morgan fingerprint density at radius 3 is 2.50 bits per heavy atom. The van der Waals surface area contributed by atoms with Crippen molar-refractivity contribution in [3.63, 3.8) is 0 Å². The predicted octanol–water partition coefficient (Wildman–Crippen LogP) is 5.49. The van der Waals surface area contributed by atoms with Gasteiger partial charge in [-0.05, 0) is 49.6 Å². The molecule has 1 heterocycles. The fraction of sp³-hybridized carbons (Fsp3) is 0.286. The molecule has 0 bridgehead atoms. The minimum atomic E-state index is -0.195. The highest BCUT2D eigenvalue weighted by molar-refractivity contribution is 6.05. The molecule has 1 fully saturated rings. The van der Waals surface area contributed by atoms with E-state index in [4.69, 9.17) is 15.9 Å². The van der Waals surface area contributed by atoms with Crippen molar-refractivity contribution in [3.05, 3.63) is 84.3 Å². The molecule has 0 radical (unpaired) electrons. The standard InChI is InChI=1S/C25H28N6O2.C3H6/c1-33-20-9-5-4-8-19(20)25(32)28-14-16-10-12-18(13-11-16)31-23-22(29-15-30-24(23)27)21(26)17-6-2-3-7-17;1-3-2/h4-5,8-13,15,17,26,31H,2-3,6-7,14H2,1H3,(H,28,32)(H2,27,29,30);3H,1H2,2H3.